The monoisotopic (exact) mass is 244 g/mol. The van der Waals surface area contributed by atoms with E-state index in [0.29, 0.717) is 14.7 Å². The molecule has 0 saturated carbocycles. The molecular weight excluding hydrogens is 238 g/mol. The standard InChI is InChI=1S/C8H6BClO2S2/c10-4-1-2-6-5(3-4)7(13)8(14-6)9(11)12/h1-3,11-13H. The van der Waals surface area contributed by atoms with Gasteiger partial charge in [-0.15, -0.1) is 24.0 Å². The van der Waals surface area contributed by atoms with Gasteiger partial charge in [0.15, 0.2) is 0 Å². The van der Waals surface area contributed by atoms with E-state index in [1.807, 2.05) is 6.07 Å². The van der Waals surface area contributed by atoms with Crippen LogP contribution in [0, 0.1) is 0 Å². The van der Waals surface area contributed by atoms with Crippen LogP contribution in [0.5, 0.6) is 0 Å². The minimum atomic E-state index is -1.47. The summed E-state index contributed by atoms with van der Waals surface area (Å²) in [6, 6.07) is 5.37. The lowest BCUT2D eigenvalue weighted by Gasteiger charge is -1.94. The van der Waals surface area contributed by atoms with Gasteiger partial charge in [-0.1, -0.05) is 11.6 Å². The van der Waals surface area contributed by atoms with Gasteiger partial charge in [-0.3, -0.25) is 0 Å². The van der Waals surface area contributed by atoms with E-state index in [-0.39, 0.29) is 0 Å². The van der Waals surface area contributed by atoms with Gasteiger partial charge in [0, 0.05) is 24.8 Å². The molecule has 0 spiro atoms. The maximum Gasteiger partial charge on any atom is 0.500 e. The van der Waals surface area contributed by atoms with Crippen LogP contribution in [-0.2, 0) is 0 Å². The summed E-state index contributed by atoms with van der Waals surface area (Å²) in [6.07, 6.45) is 0. The van der Waals surface area contributed by atoms with E-state index in [1.165, 1.54) is 11.3 Å². The Morgan fingerprint density at radius 2 is 2.07 bits per heavy atom. The van der Waals surface area contributed by atoms with Crippen molar-refractivity contribution < 1.29 is 10.0 Å². The molecule has 1 heterocycles. The van der Waals surface area contributed by atoms with E-state index in [9.17, 15) is 0 Å². The fourth-order valence-corrected chi connectivity index (χ4v) is 2.89. The van der Waals surface area contributed by atoms with Gasteiger partial charge in [-0.2, -0.15) is 0 Å². The molecule has 0 amide bonds. The number of rotatable bonds is 1. The largest absolute Gasteiger partial charge is 0.500 e. The number of thiophene rings is 1. The van der Waals surface area contributed by atoms with E-state index >= 15 is 0 Å². The van der Waals surface area contributed by atoms with Crippen LogP contribution in [0.4, 0.5) is 0 Å². The van der Waals surface area contributed by atoms with Crippen LogP contribution >= 0.6 is 35.6 Å². The van der Waals surface area contributed by atoms with Gasteiger partial charge < -0.3 is 10.0 Å². The molecule has 2 rings (SSSR count). The number of fused-ring (bicyclic) bond motifs is 1. The molecule has 2 aromatic rings. The average molecular weight is 245 g/mol. The summed E-state index contributed by atoms with van der Waals surface area (Å²) in [5.74, 6) is 0. The number of thiol groups is 1. The topological polar surface area (TPSA) is 40.5 Å². The summed E-state index contributed by atoms with van der Waals surface area (Å²) in [4.78, 5) is 0.586. The number of halogens is 1. The SMILES string of the molecule is OB(O)c1sc2ccc(Cl)cc2c1S. The van der Waals surface area contributed by atoms with Crippen LogP contribution in [0.2, 0.25) is 5.02 Å². The third-order valence-corrected chi connectivity index (χ3v) is 3.96. The molecule has 14 heavy (non-hydrogen) atoms. The molecule has 0 aliphatic carbocycles. The summed E-state index contributed by atoms with van der Waals surface area (Å²) in [5, 5.41) is 19.6. The Balaban J connectivity index is 2.74. The van der Waals surface area contributed by atoms with Gasteiger partial charge in [0.25, 0.3) is 0 Å². The smallest absolute Gasteiger partial charge is 0.423 e. The zero-order chi connectivity index (χ0) is 10.3. The number of benzene rings is 1. The molecule has 6 heteroatoms. The van der Waals surface area contributed by atoms with Crippen molar-refractivity contribution in [2.75, 3.05) is 0 Å². The average Bonchev–Trinajstić information content (AvgIpc) is 2.44. The highest BCUT2D eigenvalue weighted by atomic mass is 35.5. The van der Waals surface area contributed by atoms with Crippen LogP contribution in [-0.4, -0.2) is 17.2 Å². The highest BCUT2D eigenvalue weighted by Crippen LogP contribution is 2.29. The summed E-state index contributed by atoms with van der Waals surface area (Å²) < 4.78 is 1.40. The minimum Gasteiger partial charge on any atom is -0.423 e. The van der Waals surface area contributed by atoms with Gasteiger partial charge in [0.2, 0.25) is 0 Å². The van der Waals surface area contributed by atoms with Gasteiger partial charge in [0.1, 0.15) is 0 Å². The van der Waals surface area contributed by atoms with Crippen LogP contribution in [0.15, 0.2) is 23.1 Å². The Hall–Kier alpha value is -0.195. The normalized spacial score (nSPS) is 10.9. The molecular formula is C8H6BClO2S2. The van der Waals surface area contributed by atoms with Crippen molar-refractivity contribution in [2.45, 2.75) is 4.90 Å². The molecule has 1 aromatic carbocycles. The molecule has 0 unspecified atom stereocenters. The Morgan fingerprint density at radius 3 is 2.71 bits per heavy atom. The van der Waals surface area contributed by atoms with Gasteiger partial charge in [-0.05, 0) is 18.2 Å². The first-order chi connectivity index (χ1) is 6.59. The Morgan fingerprint density at radius 1 is 1.36 bits per heavy atom. The molecule has 0 aliphatic rings. The second-order valence-corrected chi connectivity index (χ2v) is 4.80. The highest BCUT2D eigenvalue weighted by Gasteiger charge is 2.19. The first-order valence-electron chi connectivity index (χ1n) is 3.86. The van der Waals surface area contributed by atoms with Crippen LogP contribution in [0.25, 0.3) is 10.1 Å². The van der Waals surface area contributed by atoms with Gasteiger partial charge in [-0.25, -0.2) is 0 Å². The maximum absolute atomic E-state index is 9.06. The van der Waals surface area contributed by atoms with E-state index in [0.717, 1.165) is 10.1 Å². The van der Waals surface area contributed by atoms with Crippen molar-refractivity contribution in [1.82, 2.24) is 0 Å². The summed E-state index contributed by atoms with van der Waals surface area (Å²) in [7, 11) is -1.47. The van der Waals surface area contributed by atoms with E-state index < -0.39 is 7.12 Å². The first-order valence-corrected chi connectivity index (χ1v) is 5.51. The predicted octanol–water partition coefficient (Wildman–Crippen LogP) is 1.52. The molecule has 0 atom stereocenters. The van der Waals surface area contributed by atoms with E-state index in [1.54, 1.807) is 12.1 Å². The molecule has 0 radical (unpaired) electrons. The number of hydrogen-bond donors (Lipinski definition) is 3. The van der Waals surface area contributed by atoms with Gasteiger partial charge >= 0.3 is 7.12 Å². The van der Waals surface area contributed by atoms with Crippen molar-refractivity contribution in [1.29, 1.82) is 0 Å². The van der Waals surface area contributed by atoms with E-state index in [4.69, 9.17) is 21.6 Å². The lowest BCUT2D eigenvalue weighted by Crippen LogP contribution is -2.27. The third-order valence-electron chi connectivity index (χ3n) is 1.88. The Labute approximate surface area is 95.7 Å². The molecule has 2 nitrogen and oxygen atoms in total. The maximum atomic E-state index is 9.06. The third kappa shape index (κ3) is 1.66. The van der Waals surface area contributed by atoms with Crippen molar-refractivity contribution >= 4 is 57.5 Å². The van der Waals surface area contributed by atoms with Crippen molar-refractivity contribution in [2.24, 2.45) is 0 Å². The second kappa shape index (κ2) is 3.75. The highest BCUT2D eigenvalue weighted by molar-refractivity contribution is 7.81. The Kier molecular flexibility index (Phi) is 2.77. The fourth-order valence-electron chi connectivity index (χ4n) is 1.25. The van der Waals surface area contributed by atoms with Gasteiger partial charge in [0.05, 0.1) is 0 Å². The zero-order valence-corrected chi connectivity index (χ0v) is 9.40. The van der Waals surface area contributed by atoms with Crippen molar-refractivity contribution in [3.05, 3.63) is 23.2 Å². The summed E-state index contributed by atoms with van der Waals surface area (Å²) in [6.45, 7) is 0. The number of hydrogen-bond acceptors (Lipinski definition) is 4. The van der Waals surface area contributed by atoms with Crippen molar-refractivity contribution in [3.8, 4) is 0 Å². The lowest BCUT2D eigenvalue weighted by molar-refractivity contribution is 0.426. The lowest BCUT2D eigenvalue weighted by atomic mass is 9.89. The molecule has 0 aliphatic heterocycles. The zero-order valence-electron chi connectivity index (χ0n) is 6.94. The molecule has 0 fully saturated rings. The molecule has 0 saturated heterocycles. The Bertz CT molecular complexity index is 483. The molecule has 72 valence electrons. The molecule has 0 bridgehead atoms. The molecule has 2 N–H and O–H groups in total. The first kappa shape index (κ1) is 10.3. The van der Waals surface area contributed by atoms with Crippen molar-refractivity contribution in [3.63, 3.8) is 0 Å². The summed E-state index contributed by atoms with van der Waals surface area (Å²) in [5.41, 5.74) is 0. The van der Waals surface area contributed by atoms with Crippen LogP contribution < -0.4 is 4.78 Å². The minimum absolute atomic E-state index is 0.450. The quantitative estimate of drug-likeness (QED) is 0.526. The fraction of sp³-hybridized carbons (Fsp3) is 0. The van der Waals surface area contributed by atoms with Crippen LogP contribution in [0.1, 0.15) is 0 Å². The van der Waals surface area contributed by atoms with E-state index in [2.05, 4.69) is 12.6 Å². The summed E-state index contributed by atoms with van der Waals surface area (Å²) >= 11 is 11.4. The molecule has 1 aromatic heterocycles. The second-order valence-electron chi connectivity index (χ2n) is 2.83. The predicted molar refractivity (Wildman–Crippen MR) is 63.9 cm³/mol. The van der Waals surface area contributed by atoms with Crippen LogP contribution in [0.3, 0.4) is 0 Å².